The van der Waals surface area contributed by atoms with Gasteiger partial charge in [0.2, 0.25) is 0 Å². The largest absolute Gasteiger partial charge is 0.0961 e. The molecule has 0 aliphatic rings. The van der Waals surface area contributed by atoms with Crippen molar-refractivity contribution in [2.24, 2.45) is 0 Å². The summed E-state index contributed by atoms with van der Waals surface area (Å²) in [5.74, 6) is 0. The molecule has 0 heteroatoms. The monoisotopic (exact) mass is 210 g/mol. The van der Waals surface area contributed by atoms with E-state index in [1.54, 1.807) is 0 Å². The van der Waals surface area contributed by atoms with E-state index in [0.29, 0.717) is 0 Å². The van der Waals surface area contributed by atoms with Crippen molar-refractivity contribution in [2.75, 3.05) is 0 Å². The molecule has 0 saturated carbocycles. The summed E-state index contributed by atoms with van der Waals surface area (Å²) < 4.78 is 0. The summed E-state index contributed by atoms with van der Waals surface area (Å²) in [6.45, 7) is 20.2. The minimum atomic E-state index is 1.10. The third kappa shape index (κ3) is 13.2. The van der Waals surface area contributed by atoms with Gasteiger partial charge >= 0.3 is 0 Å². The van der Waals surface area contributed by atoms with Gasteiger partial charge in [0.05, 0.1) is 0 Å². The molecule has 0 aromatic heterocycles. The second-order valence-corrected chi connectivity index (χ2v) is 2.84. The Kier molecular flexibility index (Phi) is 20.6. The van der Waals surface area contributed by atoms with E-state index in [9.17, 15) is 0 Å². The van der Waals surface area contributed by atoms with E-state index in [1.807, 2.05) is 34.6 Å². The zero-order valence-corrected chi connectivity index (χ0v) is 12.1. The molecular weight excluding hydrogens is 180 g/mol. The van der Waals surface area contributed by atoms with Crippen LogP contribution in [0.1, 0.15) is 61.8 Å². The van der Waals surface area contributed by atoms with E-state index in [4.69, 9.17) is 0 Å². The van der Waals surface area contributed by atoms with Crippen molar-refractivity contribution in [2.45, 2.75) is 61.8 Å². The van der Waals surface area contributed by atoms with Gasteiger partial charge in [0.1, 0.15) is 0 Å². The first-order valence-corrected chi connectivity index (χ1v) is 6.11. The molecule has 0 atom stereocenters. The SMILES string of the molecule is C=C(C)/C=C(C)\C(=C/C)CC.CC.CC. The topological polar surface area (TPSA) is 0 Å². The smallest absolute Gasteiger partial charge is 0.0308 e. The van der Waals surface area contributed by atoms with Gasteiger partial charge in [0, 0.05) is 0 Å². The van der Waals surface area contributed by atoms with Crippen molar-refractivity contribution in [1.29, 1.82) is 0 Å². The molecule has 0 aliphatic heterocycles. The Morgan fingerprint density at radius 3 is 1.67 bits per heavy atom. The van der Waals surface area contributed by atoms with Crippen molar-refractivity contribution >= 4 is 0 Å². The second-order valence-electron chi connectivity index (χ2n) is 2.84. The Labute approximate surface area is 97.8 Å². The first kappa shape index (κ1) is 19.7. The average molecular weight is 210 g/mol. The first-order valence-electron chi connectivity index (χ1n) is 6.11. The van der Waals surface area contributed by atoms with E-state index in [1.165, 1.54) is 11.1 Å². The minimum absolute atomic E-state index is 1.10. The normalized spacial score (nSPS) is 10.7. The van der Waals surface area contributed by atoms with E-state index in [-0.39, 0.29) is 0 Å². The van der Waals surface area contributed by atoms with Crippen LogP contribution in [-0.2, 0) is 0 Å². The van der Waals surface area contributed by atoms with E-state index < -0.39 is 0 Å². The van der Waals surface area contributed by atoms with Crippen LogP contribution in [0, 0.1) is 0 Å². The van der Waals surface area contributed by atoms with Crippen LogP contribution in [-0.4, -0.2) is 0 Å². The highest BCUT2D eigenvalue weighted by Gasteiger charge is 1.93. The third-order valence-electron chi connectivity index (χ3n) is 1.70. The molecule has 0 unspecified atom stereocenters. The summed E-state index contributed by atoms with van der Waals surface area (Å²) in [5.41, 5.74) is 3.87. The highest BCUT2D eigenvalue weighted by atomic mass is 14.0. The van der Waals surface area contributed by atoms with Gasteiger partial charge in [-0.15, -0.1) is 0 Å². The minimum Gasteiger partial charge on any atom is -0.0961 e. The standard InChI is InChI=1S/C11H18.2C2H6/c1-6-11(7-2)10(5)8-9(3)4;2*1-2/h6,8H,3,7H2,1-2,4-5H3;2*1-2H3/b10-8-,11-6-;;. The molecule has 0 aromatic carbocycles. The number of rotatable bonds is 3. The van der Waals surface area contributed by atoms with Crippen LogP contribution in [0.3, 0.4) is 0 Å². The lowest BCUT2D eigenvalue weighted by Crippen LogP contribution is -1.82. The van der Waals surface area contributed by atoms with Crippen LogP contribution in [0.5, 0.6) is 0 Å². The van der Waals surface area contributed by atoms with Gasteiger partial charge in [0.25, 0.3) is 0 Å². The number of allylic oxidation sites excluding steroid dienone is 5. The van der Waals surface area contributed by atoms with Gasteiger partial charge in [-0.1, -0.05) is 58.9 Å². The molecule has 0 aromatic rings. The van der Waals surface area contributed by atoms with Crippen molar-refractivity contribution < 1.29 is 0 Å². The molecule has 0 saturated heterocycles. The molecule has 0 fully saturated rings. The predicted octanol–water partition coefficient (Wildman–Crippen LogP) is 5.92. The summed E-state index contributed by atoms with van der Waals surface area (Å²) in [6, 6.07) is 0. The fourth-order valence-corrected chi connectivity index (χ4v) is 1.17. The van der Waals surface area contributed by atoms with Gasteiger partial charge in [-0.05, 0) is 38.3 Å². The van der Waals surface area contributed by atoms with Crippen LogP contribution in [0.25, 0.3) is 0 Å². The van der Waals surface area contributed by atoms with Crippen molar-refractivity contribution in [3.05, 3.63) is 35.5 Å². The number of hydrogen-bond acceptors (Lipinski definition) is 0. The quantitative estimate of drug-likeness (QED) is 0.507. The van der Waals surface area contributed by atoms with Crippen molar-refractivity contribution in [3.63, 3.8) is 0 Å². The molecule has 0 bridgehead atoms. The van der Waals surface area contributed by atoms with Crippen molar-refractivity contribution in [3.8, 4) is 0 Å². The Morgan fingerprint density at radius 1 is 1.07 bits per heavy atom. The van der Waals surface area contributed by atoms with Gasteiger partial charge in [-0.25, -0.2) is 0 Å². The lowest BCUT2D eigenvalue weighted by atomic mass is 10.0. The fraction of sp³-hybridized carbons (Fsp3) is 0.600. The van der Waals surface area contributed by atoms with Crippen LogP contribution in [0.15, 0.2) is 35.5 Å². The van der Waals surface area contributed by atoms with Crippen LogP contribution >= 0.6 is 0 Å². The summed E-state index contributed by atoms with van der Waals surface area (Å²) in [7, 11) is 0. The first-order chi connectivity index (χ1) is 7.11. The summed E-state index contributed by atoms with van der Waals surface area (Å²) in [5, 5.41) is 0. The van der Waals surface area contributed by atoms with Gasteiger partial charge in [-0.2, -0.15) is 0 Å². The molecule has 0 spiro atoms. The maximum Gasteiger partial charge on any atom is -0.0308 e. The molecule has 0 N–H and O–H groups in total. The summed E-state index contributed by atoms with van der Waals surface area (Å²) in [6.07, 6.45) is 5.39. The van der Waals surface area contributed by atoms with Crippen LogP contribution in [0.2, 0.25) is 0 Å². The molecule has 0 radical (unpaired) electrons. The Hall–Kier alpha value is -0.780. The van der Waals surface area contributed by atoms with Crippen LogP contribution < -0.4 is 0 Å². The van der Waals surface area contributed by atoms with Gasteiger partial charge < -0.3 is 0 Å². The van der Waals surface area contributed by atoms with E-state index in [2.05, 4.69) is 39.5 Å². The highest BCUT2D eigenvalue weighted by molar-refractivity contribution is 5.33. The van der Waals surface area contributed by atoms with Crippen LogP contribution in [0.4, 0.5) is 0 Å². The maximum atomic E-state index is 3.84. The molecular formula is C15H30. The Bertz CT molecular complexity index is 192. The van der Waals surface area contributed by atoms with Gasteiger partial charge in [-0.3, -0.25) is 0 Å². The zero-order valence-electron chi connectivity index (χ0n) is 12.1. The lowest BCUT2D eigenvalue weighted by molar-refractivity contribution is 1.09. The summed E-state index contributed by atoms with van der Waals surface area (Å²) >= 11 is 0. The maximum absolute atomic E-state index is 3.84. The summed E-state index contributed by atoms with van der Waals surface area (Å²) in [4.78, 5) is 0. The Balaban J connectivity index is -0.000000318. The van der Waals surface area contributed by atoms with Crippen molar-refractivity contribution in [1.82, 2.24) is 0 Å². The lowest BCUT2D eigenvalue weighted by Gasteiger charge is -2.03. The van der Waals surface area contributed by atoms with E-state index >= 15 is 0 Å². The molecule has 15 heavy (non-hydrogen) atoms. The molecule has 90 valence electrons. The highest BCUT2D eigenvalue weighted by Crippen LogP contribution is 2.14. The third-order valence-corrected chi connectivity index (χ3v) is 1.70. The fourth-order valence-electron chi connectivity index (χ4n) is 1.17. The zero-order chi connectivity index (χ0) is 12.9. The molecule has 0 rings (SSSR count). The molecule has 0 amide bonds. The molecule has 0 heterocycles. The average Bonchev–Trinajstić information content (AvgIpc) is 2.24. The van der Waals surface area contributed by atoms with Gasteiger partial charge in [0.15, 0.2) is 0 Å². The second kappa shape index (κ2) is 15.7. The Morgan fingerprint density at radius 2 is 1.47 bits per heavy atom. The predicted molar refractivity (Wildman–Crippen MR) is 75.3 cm³/mol. The molecule has 0 nitrogen and oxygen atoms in total. The number of hydrogen-bond donors (Lipinski definition) is 0. The van der Waals surface area contributed by atoms with E-state index in [0.717, 1.165) is 12.0 Å². The molecule has 0 aliphatic carbocycles.